The molecule has 25 heavy (non-hydrogen) atoms. The Kier molecular flexibility index (Phi) is 8.08. The van der Waals surface area contributed by atoms with Crippen LogP contribution < -0.4 is 4.74 Å². The van der Waals surface area contributed by atoms with Crippen molar-refractivity contribution in [3.8, 4) is 29.1 Å². The van der Waals surface area contributed by atoms with Crippen molar-refractivity contribution in [1.82, 2.24) is 0 Å². The van der Waals surface area contributed by atoms with Crippen LogP contribution in [0.4, 0.5) is 0 Å². The minimum atomic E-state index is -0.654. The number of Topliss-reactive ketones (excluding diaryl/α,β-unsaturated/α-hetero) is 1. The summed E-state index contributed by atoms with van der Waals surface area (Å²) in [5.41, 5.74) is 0.473. The van der Waals surface area contributed by atoms with Crippen LogP contribution in [0.1, 0.15) is 15.9 Å². The number of ether oxygens (including phenoxy) is 1. The van der Waals surface area contributed by atoms with Gasteiger partial charge in [0, 0.05) is 12.1 Å². The molecule has 2 N–H and O–H groups in total. The normalized spacial score (nSPS) is 8.84. The fourth-order valence-corrected chi connectivity index (χ4v) is 1.91. The molecule has 0 bridgehead atoms. The maximum Gasteiger partial charge on any atom is 2.00 e. The van der Waals surface area contributed by atoms with Gasteiger partial charge in [-0.15, -0.1) is 11.6 Å². The van der Waals surface area contributed by atoms with Crippen molar-refractivity contribution in [1.29, 1.82) is 0 Å². The summed E-state index contributed by atoms with van der Waals surface area (Å²) in [7, 11) is 1.39. The smallest absolute Gasteiger partial charge is 0.507 e. The largest absolute Gasteiger partial charge is 2.00 e. The Morgan fingerprint density at radius 3 is 2.16 bits per heavy atom. The first kappa shape index (κ1) is 20.1. The minimum Gasteiger partial charge on any atom is -0.507 e. The van der Waals surface area contributed by atoms with E-state index in [9.17, 15) is 15.0 Å². The van der Waals surface area contributed by atoms with E-state index >= 15 is 0 Å². The Labute approximate surface area is 156 Å². The molecule has 0 aliphatic carbocycles. The first-order chi connectivity index (χ1) is 11.6. The van der Waals surface area contributed by atoms with Crippen molar-refractivity contribution in [2.75, 3.05) is 7.11 Å². The number of phenolic OH excluding ortho intramolecular Hbond substituents is 2. The molecule has 5 heteroatoms. The maximum atomic E-state index is 11.8. The van der Waals surface area contributed by atoms with Gasteiger partial charge in [0.25, 0.3) is 0 Å². The van der Waals surface area contributed by atoms with E-state index in [2.05, 4.69) is 11.8 Å². The third kappa shape index (κ3) is 5.89. The number of hydrogen-bond acceptors (Lipinski definition) is 4. The minimum absolute atomic E-state index is 0. The quantitative estimate of drug-likeness (QED) is 0.311. The van der Waals surface area contributed by atoms with E-state index < -0.39 is 5.78 Å². The van der Waals surface area contributed by atoms with E-state index in [1.807, 2.05) is 30.3 Å². The molecule has 3 aromatic carbocycles. The number of carbonyl (C=O) groups excluding carboxylic acids is 1. The van der Waals surface area contributed by atoms with Crippen LogP contribution >= 0.6 is 0 Å². The Morgan fingerprint density at radius 2 is 1.72 bits per heavy atom. The monoisotopic (exact) mass is 376 g/mol. The van der Waals surface area contributed by atoms with Crippen molar-refractivity contribution in [2.24, 2.45) is 0 Å². The summed E-state index contributed by atoms with van der Waals surface area (Å²) >= 11 is 0. The first-order valence-corrected chi connectivity index (χ1v) is 7.16. The van der Waals surface area contributed by atoms with Crippen LogP contribution in [0.5, 0.6) is 17.2 Å². The Bertz CT molecular complexity index is 797. The van der Waals surface area contributed by atoms with Crippen LogP contribution in [0.2, 0.25) is 0 Å². The molecule has 0 saturated carbocycles. The van der Waals surface area contributed by atoms with Crippen molar-refractivity contribution in [2.45, 2.75) is 0 Å². The molecule has 3 rings (SSSR count). The van der Waals surface area contributed by atoms with Gasteiger partial charge in [0.1, 0.15) is 22.8 Å². The second kappa shape index (κ2) is 10.0. The fraction of sp³-hybridized carbons (Fsp3) is 0.0500. The Hall–Kier alpha value is -2.93. The number of carbonyl (C=O) groups is 1. The Balaban J connectivity index is 0.000000448. The van der Waals surface area contributed by atoms with Gasteiger partial charge in [-0.3, -0.25) is 4.79 Å². The van der Waals surface area contributed by atoms with Crippen LogP contribution in [0.15, 0.2) is 66.7 Å². The molecule has 128 valence electrons. The molecule has 0 aromatic heterocycles. The van der Waals surface area contributed by atoms with Gasteiger partial charge < -0.3 is 14.9 Å². The number of aromatic hydroxyl groups is 2. The SMILES string of the molecule is COc1cc(O)c(C(=O)C#Cc2ccc[cH-]2)c(O)c1.[Fe+2].c1cc[cH-]c1. The van der Waals surface area contributed by atoms with Crippen molar-refractivity contribution in [3.05, 3.63) is 77.9 Å². The Morgan fingerprint density at radius 1 is 1.08 bits per heavy atom. The zero-order chi connectivity index (χ0) is 17.4. The van der Waals surface area contributed by atoms with Crippen LogP contribution in [0.3, 0.4) is 0 Å². The second-order valence-electron chi connectivity index (χ2n) is 4.76. The standard InChI is InChI=1S/C15H11O4.C5H5.Fe/c1-19-11-8-13(17)15(14(18)9-11)12(16)7-6-10-4-2-3-5-10;1-2-4-5-3-1;/h2-5,8-9,17-18H,1H3;1-5H;/q2*-1;+2. The maximum absolute atomic E-state index is 11.8. The molecule has 0 spiro atoms. The van der Waals surface area contributed by atoms with E-state index in [-0.39, 0.29) is 39.9 Å². The second-order valence-corrected chi connectivity index (χ2v) is 4.76. The molecule has 0 fully saturated rings. The summed E-state index contributed by atoms with van der Waals surface area (Å²) < 4.78 is 4.86. The summed E-state index contributed by atoms with van der Waals surface area (Å²) in [6, 6.07) is 19.6. The van der Waals surface area contributed by atoms with Gasteiger partial charge in [0.2, 0.25) is 5.78 Å². The summed E-state index contributed by atoms with van der Waals surface area (Å²) in [4.78, 5) is 11.8. The molecule has 0 unspecified atom stereocenters. The average Bonchev–Trinajstić information content (AvgIpc) is 3.28. The van der Waals surface area contributed by atoms with Gasteiger partial charge in [-0.1, -0.05) is 5.92 Å². The number of methoxy groups -OCH3 is 1. The van der Waals surface area contributed by atoms with E-state index in [1.165, 1.54) is 19.2 Å². The number of ketones is 1. The van der Waals surface area contributed by atoms with Crippen LogP contribution in [0, 0.1) is 11.8 Å². The summed E-state index contributed by atoms with van der Waals surface area (Å²) in [6.45, 7) is 0. The molecular formula is C20H16FeO4. The number of phenols is 2. The molecular weight excluding hydrogens is 360 g/mol. The fourth-order valence-electron chi connectivity index (χ4n) is 1.91. The van der Waals surface area contributed by atoms with Crippen molar-refractivity contribution in [3.63, 3.8) is 0 Å². The summed E-state index contributed by atoms with van der Waals surface area (Å²) in [5, 5.41) is 19.4. The zero-order valence-corrected chi connectivity index (χ0v) is 14.5. The number of hydrogen-bond donors (Lipinski definition) is 2. The average molecular weight is 376 g/mol. The van der Waals surface area contributed by atoms with E-state index in [0.717, 1.165) is 0 Å². The molecule has 0 radical (unpaired) electrons. The van der Waals surface area contributed by atoms with Gasteiger partial charge in [0.15, 0.2) is 0 Å². The molecule has 0 aliphatic heterocycles. The topological polar surface area (TPSA) is 66.8 Å². The predicted octanol–water partition coefficient (Wildman–Crippen LogP) is 3.46. The molecule has 3 aromatic rings. The van der Waals surface area contributed by atoms with Crippen LogP contribution in [-0.2, 0) is 17.1 Å². The summed E-state index contributed by atoms with van der Waals surface area (Å²) in [5.74, 6) is 3.90. The zero-order valence-electron chi connectivity index (χ0n) is 13.4. The van der Waals surface area contributed by atoms with Gasteiger partial charge in [-0.2, -0.15) is 42.3 Å². The van der Waals surface area contributed by atoms with Gasteiger partial charge in [0.05, 0.1) is 7.11 Å². The van der Waals surface area contributed by atoms with Crippen molar-refractivity contribution >= 4 is 5.78 Å². The third-order valence-corrected chi connectivity index (χ3v) is 3.07. The molecule has 0 saturated heterocycles. The first-order valence-electron chi connectivity index (χ1n) is 7.16. The van der Waals surface area contributed by atoms with Gasteiger partial charge in [-0.05, 0) is 0 Å². The molecule has 4 nitrogen and oxygen atoms in total. The van der Waals surface area contributed by atoms with Crippen LogP contribution in [-0.4, -0.2) is 23.1 Å². The number of benzene rings is 1. The van der Waals surface area contributed by atoms with E-state index in [1.54, 1.807) is 24.3 Å². The van der Waals surface area contributed by atoms with Gasteiger partial charge >= 0.3 is 17.1 Å². The van der Waals surface area contributed by atoms with E-state index in [0.29, 0.717) is 5.56 Å². The molecule has 0 heterocycles. The van der Waals surface area contributed by atoms with E-state index in [4.69, 9.17) is 4.74 Å². The van der Waals surface area contributed by atoms with Crippen molar-refractivity contribution < 1.29 is 36.8 Å². The third-order valence-electron chi connectivity index (χ3n) is 3.07. The van der Waals surface area contributed by atoms with Gasteiger partial charge in [-0.25, -0.2) is 12.1 Å². The number of rotatable bonds is 2. The predicted molar refractivity (Wildman–Crippen MR) is 91.6 cm³/mol. The summed E-state index contributed by atoms with van der Waals surface area (Å²) in [6.07, 6.45) is 0. The molecule has 0 aliphatic rings. The van der Waals surface area contributed by atoms with Crippen LogP contribution in [0.25, 0.3) is 0 Å². The molecule has 0 atom stereocenters. The molecule has 0 amide bonds.